The van der Waals surface area contributed by atoms with Crippen LogP contribution in [0.5, 0.6) is 0 Å². The molecule has 7 nitrogen and oxygen atoms in total. The van der Waals surface area contributed by atoms with Crippen LogP contribution in [0, 0.1) is 0 Å². The smallest absolute Gasteiger partial charge is 0.253 e. The highest BCUT2D eigenvalue weighted by Gasteiger charge is 2.20. The molecule has 0 unspecified atom stereocenters. The molecule has 26 heavy (non-hydrogen) atoms. The maximum atomic E-state index is 11.9. The van der Waals surface area contributed by atoms with Crippen molar-refractivity contribution >= 4 is 46.6 Å². The minimum absolute atomic E-state index is 0.252. The minimum atomic E-state index is -0.367. The highest BCUT2D eigenvalue weighted by Crippen LogP contribution is 2.22. The number of hydrogen-bond acceptors (Lipinski definition) is 5. The number of halogens is 1. The minimum Gasteiger partial charge on any atom is -0.340 e. The fraction of sp³-hybridized carbons (Fsp3) is 0.111. The standard InChI is InChI=1S/C18H14ClN5O2/c19-13-2-1-3-14(9-13)21-15-6-7-24-17(22-15)12(10-20-24)8-11-4-5-16(25)23-18(11)26/h1-3,6-10H,4-5H2,(H,21,22)(H,23,25,26)/b11-8+. The van der Waals surface area contributed by atoms with Gasteiger partial charge >= 0.3 is 0 Å². The van der Waals surface area contributed by atoms with Gasteiger partial charge in [0, 0.05) is 34.5 Å². The zero-order chi connectivity index (χ0) is 18.1. The molecule has 1 aromatic carbocycles. The second-order valence-electron chi connectivity index (χ2n) is 5.86. The predicted molar refractivity (Wildman–Crippen MR) is 98.1 cm³/mol. The van der Waals surface area contributed by atoms with Crippen molar-refractivity contribution in [3.05, 3.63) is 58.9 Å². The number of imide groups is 1. The van der Waals surface area contributed by atoms with E-state index in [0.29, 0.717) is 40.5 Å². The number of piperidine rings is 1. The lowest BCUT2D eigenvalue weighted by atomic mass is 10.0. The van der Waals surface area contributed by atoms with Crippen molar-refractivity contribution in [2.24, 2.45) is 0 Å². The number of nitrogens with zero attached hydrogens (tertiary/aromatic N) is 3. The first kappa shape index (κ1) is 16.3. The Balaban J connectivity index is 1.66. The van der Waals surface area contributed by atoms with Gasteiger partial charge in [0.15, 0.2) is 5.65 Å². The molecule has 3 heterocycles. The Morgan fingerprint density at radius 2 is 2.12 bits per heavy atom. The largest absolute Gasteiger partial charge is 0.340 e. The summed E-state index contributed by atoms with van der Waals surface area (Å²) in [5.74, 6) is 0.00939. The number of benzene rings is 1. The summed E-state index contributed by atoms with van der Waals surface area (Å²) < 4.78 is 1.63. The van der Waals surface area contributed by atoms with Gasteiger partial charge in [-0.3, -0.25) is 14.9 Å². The molecule has 2 aromatic heterocycles. The summed E-state index contributed by atoms with van der Waals surface area (Å²) in [6, 6.07) is 9.13. The number of anilines is 2. The molecule has 0 spiro atoms. The fourth-order valence-corrected chi connectivity index (χ4v) is 2.92. The lowest BCUT2D eigenvalue weighted by Gasteiger charge is -2.13. The van der Waals surface area contributed by atoms with Crippen LogP contribution in [0.3, 0.4) is 0 Å². The third-order valence-electron chi connectivity index (χ3n) is 3.99. The quantitative estimate of drug-likeness (QED) is 0.549. The van der Waals surface area contributed by atoms with Gasteiger partial charge in [-0.05, 0) is 36.8 Å². The molecule has 2 amide bonds. The maximum Gasteiger partial charge on any atom is 0.253 e. The molecule has 0 bridgehead atoms. The van der Waals surface area contributed by atoms with Crippen molar-refractivity contribution in [1.82, 2.24) is 19.9 Å². The Kier molecular flexibility index (Phi) is 4.14. The monoisotopic (exact) mass is 367 g/mol. The number of nitrogens with one attached hydrogen (secondary N) is 2. The van der Waals surface area contributed by atoms with Gasteiger partial charge < -0.3 is 5.32 Å². The van der Waals surface area contributed by atoms with Gasteiger partial charge in [-0.25, -0.2) is 9.50 Å². The van der Waals surface area contributed by atoms with Crippen LogP contribution in [0.4, 0.5) is 11.5 Å². The SMILES string of the molecule is O=C1CC/C(=C\c2cnn3ccc(Nc4cccc(Cl)c4)nc23)C(=O)N1. The maximum absolute atomic E-state index is 11.9. The molecular weight excluding hydrogens is 354 g/mol. The van der Waals surface area contributed by atoms with Crippen LogP contribution in [0.1, 0.15) is 18.4 Å². The second kappa shape index (κ2) is 6.61. The van der Waals surface area contributed by atoms with E-state index < -0.39 is 0 Å². The third-order valence-corrected chi connectivity index (χ3v) is 4.22. The average molecular weight is 368 g/mol. The topological polar surface area (TPSA) is 88.4 Å². The Hall–Kier alpha value is -3.19. The first-order chi connectivity index (χ1) is 12.6. The molecule has 1 aliphatic heterocycles. The summed E-state index contributed by atoms with van der Waals surface area (Å²) in [6.45, 7) is 0. The molecular formula is C18H14ClN5O2. The first-order valence-corrected chi connectivity index (χ1v) is 8.38. The van der Waals surface area contributed by atoms with E-state index in [1.54, 1.807) is 41.2 Å². The van der Waals surface area contributed by atoms with Crippen LogP contribution < -0.4 is 10.6 Å². The highest BCUT2D eigenvalue weighted by atomic mass is 35.5. The van der Waals surface area contributed by atoms with Crippen LogP contribution in [-0.4, -0.2) is 26.4 Å². The molecule has 8 heteroatoms. The number of aromatic nitrogens is 3. The molecule has 3 aromatic rings. The highest BCUT2D eigenvalue weighted by molar-refractivity contribution is 6.30. The van der Waals surface area contributed by atoms with Gasteiger partial charge in [0.05, 0.1) is 6.20 Å². The molecule has 1 saturated heterocycles. The summed E-state index contributed by atoms with van der Waals surface area (Å²) in [4.78, 5) is 27.8. The van der Waals surface area contributed by atoms with Gasteiger partial charge in [-0.1, -0.05) is 17.7 Å². The summed E-state index contributed by atoms with van der Waals surface area (Å²) in [5.41, 5.74) is 2.67. The zero-order valence-electron chi connectivity index (χ0n) is 13.6. The first-order valence-electron chi connectivity index (χ1n) is 8.00. The molecule has 130 valence electrons. The van der Waals surface area contributed by atoms with Gasteiger partial charge in [0.2, 0.25) is 5.91 Å². The number of fused-ring (bicyclic) bond motifs is 1. The van der Waals surface area contributed by atoms with Crippen LogP contribution in [0.2, 0.25) is 5.02 Å². The summed E-state index contributed by atoms with van der Waals surface area (Å²) in [6.07, 6.45) is 5.85. The number of carbonyl (C=O) groups is 2. The Morgan fingerprint density at radius 1 is 1.23 bits per heavy atom. The number of carbonyl (C=O) groups excluding carboxylic acids is 2. The Morgan fingerprint density at radius 3 is 2.92 bits per heavy atom. The average Bonchev–Trinajstić information content (AvgIpc) is 3.00. The van der Waals surface area contributed by atoms with E-state index in [-0.39, 0.29) is 11.8 Å². The van der Waals surface area contributed by atoms with E-state index >= 15 is 0 Å². The molecule has 2 N–H and O–H groups in total. The summed E-state index contributed by atoms with van der Waals surface area (Å²) in [7, 11) is 0. The molecule has 0 saturated carbocycles. The molecule has 0 aliphatic carbocycles. The van der Waals surface area contributed by atoms with Crippen LogP contribution in [0.15, 0.2) is 48.3 Å². The zero-order valence-corrected chi connectivity index (χ0v) is 14.3. The normalized spacial score (nSPS) is 16.1. The van der Waals surface area contributed by atoms with E-state index in [1.165, 1.54) is 0 Å². The van der Waals surface area contributed by atoms with Crippen molar-refractivity contribution in [2.45, 2.75) is 12.8 Å². The lowest BCUT2D eigenvalue weighted by Crippen LogP contribution is -2.35. The Bertz CT molecular complexity index is 1060. The third kappa shape index (κ3) is 3.29. The van der Waals surface area contributed by atoms with E-state index in [9.17, 15) is 9.59 Å². The van der Waals surface area contributed by atoms with Gasteiger partial charge in [0.1, 0.15) is 5.82 Å². The fourth-order valence-electron chi connectivity index (χ4n) is 2.73. The van der Waals surface area contributed by atoms with Crippen molar-refractivity contribution in [3.63, 3.8) is 0 Å². The van der Waals surface area contributed by atoms with Crippen molar-refractivity contribution in [1.29, 1.82) is 0 Å². The van der Waals surface area contributed by atoms with Crippen molar-refractivity contribution in [2.75, 3.05) is 5.32 Å². The van der Waals surface area contributed by atoms with Crippen LogP contribution in [-0.2, 0) is 9.59 Å². The number of amides is 2. The van der Waals surface area contributed by atoms with E-state index in [2.05, 4.69) is 20.7 Å². The van der Waals surface area contributed by atoms with E-state index in [4.69, 9.17) is 11.6 Å². The van der Waals surface area contributed by atoms with E-state index in [0.717, 1.165) is 5.69 Å². The van der Waals surface area contributed by atoms with Gasteiger partial charge in [-0.15, -0.1) is 0 Å². The van der Waals surface area contributed by atoms with Crippen molar-refractivity contribution in [3.8, 4) is 0 Å². The van der Waals surface area contributed by atoms with Crippen LogP contribution >= 0.6 is 11.6 Å². The second-order valence-corrected chi connectivity index (χ2v) is 6.30. The van der Waals surface area contributed by atoms with Crippen molar-refractivity contribution < 1.29 is 9.59 Å². The molecule has 0 radical (unpaired) electrons. The Labute approximate surface area is 153 Å². The molecule has 1 fully saturated rings. The van der Waals surface area contributed by atoms with E-state index in [1.807, 2.05) is 12.1 Å². The molecule has 4 rings (SSSR count). The predicted octanol–water partition coefficient (Wildman–Crippen LogP) is 2.95. The number of rotatable bonds is 3. The summed E-state index contributed by atoms with van der Waals surface area (Å²) in [5, 5.41) is 10.4. The lowest BCUT2D eigenvalue weighted by molar-refractivity contribution is -0.130. The van der Waals surface area contributed by atoms with Gasteiger partial charge in [0.25, 0.3) is 5.91 Å². The summed E-state index contributed by atoms with van der Waals surface area (Å²) >= 11 is 6.00. The van der Waals surface area contributed by atoms with Gasteiger partial charge in [-0.2, -0.15) is 5.10 Å². The van der Waals surface area contributed by atoms with Crippen LogP contribution in [0.25, 0.3) is 11.7 Å². The molecule has 0 atom stereocenters. The number of hydrogen-bond donors (Lipinski definition) is 2. The molecule has 1 aliphatic rings.